The molecule has 92 valence electrons. The van der Waals surface area contributed by atoms with E-state index >= 15 is 0 Å². The van der Waals surface area contributed by atoms with Crippen molar-refractivity contribution in [1.82, 2.24) is 0 Å². The van der Waals surface area contributed by atoms with Crippen LogP contribution in [0.4, 0.5) is 0 Å². The largest absolute Gasteiger partial charge is 0.481 e. The van der Waals surface area contributed by atoms with Gasteiger partial charge >= 0.3 is 5.97 Å². The molecule has 1 aromatic carbocycles. The van der Waals surface area contributed by atoms with E-state index in [1.54, 1.807) is 26.0 Å². The second-order valence-corrected chi connectivity index (χ2v) is 4.78. The normalized spacial score (nSPS) is 11.8. The second-order valence-electron chi connectivity index (χ2n) is 4.78. The SMILES string of the molecule is [2H]NC(=O)Cc1ccc(CC(C)(C)C(=O)O)cc1. The molecular formula is C13H17NO3. The summed E-state index contributed by atoms with van der Waals surface area (Å²) in [4.78, 5) is 22.0. The summed E-state index contributed by atoms with van der Waals surface area (Å²) >= 11 is 0. The van der Waals surface area contributed by atoms with Crippen LogP contribution in [-0.4, -0.2) is 17.0 Å². The van der Waals surface area contributed by atoms with Gasteiger partial charge in [0.25, 0.3) is 0 Å². The molecule has 0 saturated carbocycles. The zero-order valence-corrected chi connectivity index (χ0v) is 9.99. The summed E-state index contributed by atoms with van der Waals surface area (Å²) in [7, 11) is 0. The molecule has 0 atom stereocenters. The van der Waals surface area contributed by atoms with Crippen LogP contribution >= 0.6 is 0 Å². The zero-order valence-electron chi connectivity index (χ0n) is 11.0. The number of hydrogen-bond donors (Lipinski definition) is 2. The fourth-order valence-electron chi connectivity index (χ4n) is 1.55. The Morgan fingerprint density at radius 3 is 2.29 bits per heavy atom. The number of rotatable bonds is 5. The van der Waals surface area contributed by atoms with Gasteiger partial charge in [0.2, 0.25) is 5.91 Å². The minimum absolute atomic E-state index is 0.159. The van der Waals surface area contributed by atoms with Gasteiger partial charge in [0, 0.05) is 0 Å². The Kier molecular flexibility index (Phi) is 3.42. The van der Waals surface area contributed by atoms with E-state index in [9.17, 15) is 9.59 Å². The van der Waals surface area contributed by atoms with Gasteiger partial charge in [0.05, 0.1) is 11.8 Å². The molecule has 1 amide bonds. The first-order valence-corrected chi connectivity index (χ1v) is 5.37. The van der Waals surface area contributed by atoms with Crippen LogP contribution in [0.2, 0.25) is 1.41 Å². The van der Waals surface area contributed by atoms with Crippen molar-refractivity contribution in [3.63, 3.8) is 0 Å². The topological polar surface area (TPSA) is 80.4 Å². The Morgan fingerprint density at radius 1 is 1.29 bits per heavy atom. The van der Waals surface area contributed by atoms with Crippen molar-refractivity contribution in [3.05, 3.63) is 35.4 Å². The summed E-state index contributed by atoms with van der Waals surface area (Å²) in [5.74, 6) is -1.20. The van der Waals surface area contributed by atoms with Gasteiger partial charge < -0.3 is 10.8 Å². The maximum absolute atomic E-state index is 11.0. The first kappa shape index (κ1) is 11.6. The summed E-state index contributed by atoms with van der Waals surface area (Å²) in [5, 5.41) is 9.03. The number of carboxylic acid groups (broad SMARTS) is 1. The molecule has 3 N–H and O–H groups in total. The highest BCUT2D eigenvalue weighted by molar-refractivity contribution is 5.76. The lowest BCUT2D eigenvalue weighted by Crippen LogP contribution is -2.26. The molecule has 0 aliphatic heterocycles. The Morgan fingerprint density at radius 2 is 1.82 bits per heavy atom. The number of benzene rings is 1. The van der Waals surface area contributed by atoms with E-state index in [2.05, 4.69) is 0 Å². The van der Waals surface area contributed by atoms with E-state index in [4.69, 9.17) is 6.52 Å². The zero-order chi connectivity index (χ0) is 13.8. The third kappa shape index (κ3) is 3.90. The van der Waals surface area contributed by atoms with Crippen molar-refractivity contribution in [1.29, 1.82) is 0 Å². The lowest BCUT2D eigenvalue weighted by molar-refractivity contribution is -0.146. The molecule has 4 heteroatoms. The number of carbonyl (C=O) groups is 2. The molecule has 0 aliphatic rings. The highest BCUT2D eigenvalue weighted by Gasteiger charge is 2.27. The fraction of sp³-hybridized carbons (Fsp3) is 0.385. The minimum atomic E-state index is -0.833. The quantitative estimate of drug-likeness (QED) is 0.810. The number of nitrogens with two attached hydrogens (primary N) is 1. The van der Waals surface area contributed by atoms with Crippen molar-refractivity contribution < 1.29 is 16.1 Å². The summed E-state index contributed by atoms with van der Waals surface area (Å²) in [5.41, 5.74) is 2.73. The summed E-state index contributed by atoms with van der Waals surface area (Å²) < 4.78 is 6.70. The van der Waals surface area contributed by atoms with E-state index in [1.807, 2.05) is 17.9 Å². The number of hydrogen-bond acceptors (Lipinski definition) is 2. The predicted octanol–water partition coefficient (Wildman–Crippen LogP) is 1.37. The molecule has 0 fully saturated rings. The summed E-state index contributed by atoms with van der Waals surface area (Å²) in [6.45, 7) is 3.35. The highest BCUT2D eigenvalue weighted by atomic mass is 16.4. The molecule has 4 nitrogen and oxygen atoms in total. The van der Waals surface area contributed by atoms with Crippen LogP contribution in [0.25, 0.3) is 0 Å². The van der Waals surface area contributed by atoms with Crippen LogP contribution in [0, 0.1) is 5.41 Å². The van der Waals surface area contributed by atoms with Crippen LogP contribution < -0.4 is 5.73 Å². The molecule has 0 aliphatic carbocycles. The molecule has 0 heterocycles. The van der Waals surface area contributed by atoms with Gasteiger partial charge in [0.1, 0.15) is 0 Å². The fourth-order valence-corrected chi connectivity index (χ4v) is 1.55. The third-order valence-electron chi connectivity index (χ3n) is 2.61. The third-order valence-corrected chi connectivity index (χ3v) is 2.61. The number of aliphatic carboxylic acids is 1. The standard InChI is InChI=1S/C13H17NO3/c1-13(2,12(16)17)8-10-5-3-9(4-6-10)7-11(14)15/h3-6H,7-8H2,1-2H3,(H2,14,15)(H,16,17)/i/hD. The molecule has 0 bridgehead atoms. The van der Waals surface area contributed by atoms with Gasteiger partial charge in [-0.05, 0) is 31.4 Å². The first-order chi connectivity index (χ1) is 8.35. The second kappa shape index (κ2) is 4.99. The Bertz CT molecular complexity index is 440. The van der Waals surface area contributed by atoms with Crippen molar-refractivity contribution in [2.75, 3.05) is 0 Å². The lowest BCUT2D eigenvalue weighted by atomic mass is 9.86. The molecule has 0 saturated heterocycles. The van der Waals surface area contributed by atoms with Crippen LogP contribution in [0.3, 0.4) is 0 Å². The van der Waals surface area contributed by atoms with E-state index in [-0.39, 0.29) is 12.3 Å². The Balaban J connectivity index is 2.72. The van der Waals surface area contributed by atoms with Crippen LogP contribution in [0.1, 0.15) is 25.0 Å². The average Bonchev–Trinajstić information content (AvgIpc) is 2.31. The molecule has 17 heavy (non-hydrogen) atoms. The summed E-state index contributed by atoms with van der Waals surface area (Å²) in [6, 6.07) is 7.19. The number of carbonyl (C=O) groups excluding carboxylic acids is 1. The van der Waals surface area contributed by atoms with Crippen molar-refractivity contribution in [2.45, 2.75) is 26.7 Å². The molecule has 0 radical (unpaired) electrons. The number of primary amides is 1. The minimum Gasteiger partial charge on any atom is -0.481 e. The summed E-state index contributed by atoms with van der Waals surface area (Å²) in [6.07, 6.45) is 0.597. The molecule has 0 spiro atoms. The molecule has 1 rings (SSSR count). The van der Waals surface area contributed by atoms with Crippen molar-refractivity contribution >= 4 is 11.9 Å². The average molecular weight is 236 g/mol. The van der Waals surface area contributed by atoms with Gasteiger partial charge in [0.15, 0.2) is 1.41 Å². The van der Waals surface area contributed by atoms with Gasteiger partial charge in [-0.25, -0.2) is 0 Å². The van der Waals surface area contributed by atoms with Crippen molar-refractivity contribution in [3.8, 4) is 0 Å². The maximum atomic E-state index is 11.0. The molecule has 0 aromatic heterocycles. The maximum Gasteiger partial charge on any atom is 0.309 e. The predicted molar refractivity (Wildman–Crippen MR) is 64.5 cm³/mol. The lowest BCUT2D eigenvalue weighted by Gasteiger charge is -2.18. The molecule has 1 aromatic rings. The Hall–Kier alpha value is -1.84. The van der Waals surface area contributed by atoms with Gasteiger partial charge in [-0.2, -0.15) is 0 Å². The first-order valence-electron chi connectivity index (χ1n) is 5.87. The van der Waals surface area contributed by atoms with Crippen molar-refractivity contribution in [2.24, 2.45) is 11.1 Å². The molecule has 0 unspecified atom stereocenters. The van der Waals surface area contributed by atoms with E-state index in [0.29, 0.717) is 6.42 Å². The van der Waals surface area contributed by atoms with Crippen LogP contribution in [0.5, 0.6) is 0 Å². The van der Waals surface area contributed by atoms with Crippen LogP contribution in [-0.2, 0) is 22.4 Å². The van der Waals surface area contributed by atoms with E-state index < -0.39 is 11.4 Å². The van der Waals surface area contributed by atoms with Gasteiger partial charge in [-0.3, -0.25) is 9.59 Å². The molecular weight excluding hydrogens is 218 g/mol. The van der Waals surface area contributed by atoms with E-state index in [0.717, 1.165) is 11.1 Å². The van der Waals surface area contributed by atoms with Gasteiger partial charge in [-0.1, -0.05) is 24.3 Å². The van der Waals surface area contributed by atoms with Gasteiger partial charge in [-0.15, -0.1) is 0 Å². The Labute approximate surface area is 102 Å². The monoisotopic (exact) mass is 236 g/mol. The number of carboxylic acids is 1. The highest BCUT2D eigenvalue weighted by Crippen LogP contribution is 2.22. The van der Waals surface area contributed by atoms with E-state index in [1.165, 1.54) is 0 Å². The smallest absolute Gasteiger partial charge is 0.309 e. The van der Waals surface area contributed by atoms with Crippen LogP contribution in [0.15, 0.2) is 24.3 Å². The number of amides is 1.